The quantitative estimate of drug-likeness (QED) is 0.814. The summed E-state index contributed by atoms with van der Waals surface area (Å²) in [6, 6.07) is 2.37. The molecular weight excluding hydrogens is 184 g/mol. The number of nitrogens with zero attached hydrogens (tertiary/aromatic N) is 1. The zero-order valence-electron chi connectivity index (χ0n) is 7.06. The Balaban J connectivity index is 1.93. The predicted molar refractivity (Wildman–Crippen MR) is 52.6 cm³/mol. The number of aryl methyl sites for hydroxylation is 2. The summed E-state index contributed by atoms with van der Waals surface area (Å²) in [5, 5.41) is 4.21. The monoisotopic (exact) mass is 194 g/mol. The minimum Gasteiger partial charge on any atom is -0.429 e. The first-order valence-electron chi connectivity index (χ1n) is 4.06. The number of nitrogens with two attached hydrogens (primary N) is 1. The Kier molecular flexibility index (Phi) is 2.31. The van der Waals surface area contributed by atoms with Crippen LogP contribution < -0.4 is 5.73 Å². The minimum absolute atomic E-state index is 0.250. The summed E-state index contributed by atoms with van der Waals surface area (Å²) < 4.78 is 5.15. The van der Waals surface area contributed by atoms with E-state index in [1.807, 2.05) is 0 Å². The fraction of sp³-hybridized carbons (Fsp3) is 0.222. The van der Waals surface area contributed by atoms with Crippen molar-refractivity contribution in [3.05, 3.63) is 34.3 Å². The molecule has 0 aliphatic heterocycles. The van der Waals surface area contributed by atoms with Gasteiger partial charge in [-0.05, 0) is 28.8 Å². The van der Waals surface area contributed by atoms with Crippen LogP contribution in [0.2, 0.25) is 0 Å². The molecule has 3 nitrogen and oxygen atoms in total. The summed E-state index contributed by atoms with van der Waals surface area (Å²) in [7, 11) is 0. The van der Waals surface area contributed by atoms with Gasteiger partial charge in [0.1, 0.15) is 5.76 Å². The van der Waals surface area contributed by atoms with Crippen LogP contribution in [0.4, 0.5) is 6.01 Å². The van der Waals surface area contributed by atoms with Gasteiger partial charge in [0.25, 0.3) is 6.01 Å². The molecule has 0 fully saturated rings. The van der Waals surface area contributed by atoms with Gasteiger partial charge in [-0.2, -0.15) is 11.3 Å². The van der Waals surface area contributed by atoms with Crippen LogP contribution in [0, 0.1) is 0 Å². The minimum atomic E-state index is 0.250. The fourth-order valence-electron chi connectivity index (χ4n) is 1.14. The lowest BCUT2D eigenvalue weighted by molar-refractivity contribution is 0.522. The lowest BCUT2D eigenvalue weighted by Crippen LogP contribution is -1.86. The van der Waals surface area contributed by atoms with E-state index in [0.717, 1.165) is 18.6 Å². The van der Waals surface area contributed by atoms with Gasteiger partial charge in [-0.1, -0.05) is 0 Å². The van der Waals surface area contributed by atoms with Gasteiger partial charge in [-0.25, -0.2) is 4.98 Å². The average molecular weight is 194 g/mol. The van der Waals surface area contributed by atoms with E-state index >= 15 is 0 Å². The molecule has 2 aromatic heterocycles. The van der Waals surface area contributed by atoms with E-state index in [9.17, 15) is 0 Å². The van der Waals surface area contributed by atoms with E-state index in [4.69, 9.17) is 10.2 Å². The molecule has 4 heteroatoms. The lowest BCUT2D eigenvalue weighted by atomic mass is 10.2. The van der Waals surface area contributed by atoms with Gasteiger partial charge in [-0.15, -0.1) is 0 Å². The average Bonchev–Trinajstić information content (AvgIpc) is 2.71. The summed E-state index contributed by atoms with van der Waals surface area (Å²) >= 11 is 1.71. The molecule has 0 aliphatic rings. The van der Waals surface area contributed by atoms with E-state index < -0.39 is 0 Å². The third kappa shape index (κ3) is 2.09. The molecule has 2 N–H and O–H groups in total. The molecule has 2 heterocycles. The van der Waals surface area contributed by atoms with E-state index in [-0.39, 0.29) is 6.01 Å². The zero-order valence-corrected chi connectivity index (χ0v) is 7.88. The van der Waals surface area contributed by atoms with Gasteiger partial charge < -0.3 is 10.2 Å². The summed E-state index contributed by atoms with van der Waals surface area (Å²) in [5.74, 6) is 0.851. The van der Waals surface area contributed by atoms with Gasteiger partial charge in [0, 0.05) is 6.42 Å². The van der Waals surface area contributed by atoms with E-state index in [2.05, 4.69) is 21.8 Å². The van der Waals surface area contributed by atoms with Crippen molar-refractivity contribution in [2.24, 2.45) is 0 Å². The van der Waals surface area contributed by atoms with Crippen molar-refractivity contribution in [1.29, 1.82) is 0 Å². The molecule has 0 radical (unpaired) electrons. The first-order valence-corrected chi connectivity index (χ1v) is 5.00. The second kappa shape index (κ2) is 3.62. The van der Waals surface area contributed by atoms with Crippen LogP contribution in [-0.4, -0.2) is 4.98 Å². The topological polar surface area (TPSA) is 52.0 Å². The second-order valence-electron chi connectivity index (χ2n) is 2.80. The summed E-state index contributed by atoms with van der Waals surface area (Å²) in [6.45, 7) is 0. The Hall–Kier alpha value is -1.29. The standard InChI is InChI=1S/C9H10N2OS/c10-9-11-5-8(12-9)2-1-7-3-4-13-6-7/h3-6H,1-2H2,(H2,10,11). The Morgan fingerprint density at radius 1 is 1.46 bits per heavy atom. The molecule has 0 amide bonds. The molecule has 0 bridgehead atoms. The molecule has 0 unspecified atom stereocenters. The van der Waals surface area contributed by atoms with Crippen LogP contribution in [-0.2, 0) is 12.8 Å². The van der Waals surface area contributed by atoms with Crippen molar-refractivity contribution in [3.63, 3.8) is 0 Å². The van der Waals surface area contributed by atoms with Crippen LogP contribution in [0.1, 0.15) is 11.3 Å². The Morgan fingerprint density at radius 2 is 2.38 bits per heavy atom. The van der Waals surface area contributed by atoms with Gasteiger partial charge in [0.15, 0.2) is 0 Å². The van der Waals surface area contributed by atoms with Crippen LogP contribution in [0.3, 0.4) is 0 Å². The third-order valence-corrected chi connectivity index (χ3v) is 2.54. The highest BCUT2D eigenvalue weighted by Gasteiger charge is 2.00. The maximum absolute atomic E-state index is 5.35. The molecular formula is C9H10N2OS. The van der Waals surface area contributed by atoms with Crippen LogP contribution >= 0.6 is 11.3 Å². The van der Waals surface area contributed by atoms with Gasteiger partial charge in [0.2, 0.25) is 0 Å². The number of anilines is 1. The highest BCUT2D eigenvalue weighted by molar-refractivity contribution is 7.07. The number of nitrogen functional groups attached to an aromatic ring is 1. The Labute approximate surface area is 80.2 Å². The maximum Gasteiger partial charge on any atom is 0.292 e. The summed E-state index contributed by atoms with van der Waals surface area (Å²) in [6.07, 6.45) is 3.53. The molecule has 68 valence electrons. The molecule has 0 atom stereocenters. The number of hydrogen-bond donors (Lipinski definition) is 1. The van der Waals surface area contributed by atoms with Gasteiger partial charge >= 0.3 is 0 Å². The fourth-order valence-corrected chi connectivity index (χ4v) is 1.84. The molecule has 0 spiro atoms. The van der Waals surface area contributed by atoms with E-state index in [1.54, 1.807) is 17.5 Å². The number of thiophene rings is 1. The molecule has 13 heavy (non-hydrogen) atoms. The van der Waals surface area contributed by atoms with Crippen LogP contribution in [0.25, 0.3) is 0 Å². The predicted octanol–water partition coefficient (Wildman–Crippen LogP) is 2.10. The number of aromatic nitrogens is 1. The zero-order chi connectivity index (χ0) is 9.10. The normalized spacial score (nSPS) is 10.5. The van der Waals surface area contributed by atoms with Crippen molar-refractivity contribution >= 4 is 17.4 Å². The summed E-state index contributed by atoms with van der Waals surface area (Å²) in [5.41, 5.74) is 6.69. The first kappa shape index (κ1) is 8.31. The Morgan fingerprint density at radius 3 is 3.00 bits per heavy atom. The van der Waals surface area contributed by atoms with Gasteiger partial charge in [-0.3, -0.25) is 0 Å². The number of rotatable bonds is 3. The molecule has 0 saturated carbocycles. The van der Waals surface area contributed by atoms with E-state index in [1.165, 1.54) is 5.56 Å². The van der Waals surface area contributed by atoms with Crippen molar-refractivity contribution in [2.75, 3.05) is 5.73 Å². The second-order valence-corrected chi connectivity index (χ2v) is 3.58. The van der Waals surface area contributed by atoms with E-state index in [0.29, 0.717) is 0 Å². The third-order valence-electron chi connectivity index (χ3n) is 1.81. The van der Waals surface area contributed by atoms with Crippen molar-refractivity contribution in [3.8, 4) is 0 Å². The maximum atomic E-state index is 5.35. The lowest BCUT2D eigenvalue weighted by Gasteiger charge is -1.92. The molecule has 0 aromatic carbocycles. The van der Waals surface area contributed by atoms with Gasteiger partial charge in [0.05, 0.1) is 6.20 Å². The van der Waals surface area contributed by atoms with Crippen molar-refractivity contribution in [1.82, 2.24) is 4.98 Å². The molecule has 0 aliphatic carbocycles. The Bertz CT molecular complexity index is 367. The largest absolute Gasteiger partial charge is 0.429 e. The summed E-state index contributed by atoms with van der Waals surface area (Å²) in [4.78, 5) is 3.83. The van der Waals surface area contributed by atoms with Crippen molar-refractivity contribution < 1.29 is 4.42 Å². The first-order chi connectivity index (χ1) is 6.34. The SMILES string of the molecule is Nc1ncc(CCc2ccsc2)o1. The van der Waals surface area contributed by atoms with Crippen LogP contribution in [0.5, 0.6) is 0 Å². The highest BCUT2D eigenvalue weighted by atomic mass is 32.1. The van der Waals surface area contributed by atoms with Crippen LogP contribution in [0.15, 0.2) is 27.4 Å². The molecule has 2 aromatic rings. The highest BCUT2D eigenvalue weighted by Crippen LogP contribution is 2.11. The van der Waals surface area contributed by atoms with Crippen molar-refractivity contribution in [2.45, 2.75) is 12.8 Å². The smallest absolute Gasteiger partial charge is 0.292 e. The molecule has 2 rings (SSSR count). The number of oxazole rings is 1. The molecule has 0 saturated heterocycles. The number of hydrogen-bond acceptors (Lipinski definition) is 4.